The number of amides is 2. The van der Waals surface area contributed by atoms with Gasteiger partial charge in [-0.05, 0) is 29.1 Å². The van der Waals surface area contributed by atoms with Crippen molar-refractivity contribution in [1.29, 1.82) is 0 Å². The zero-order chi connectivity index (χ0) is 20.4. The first-order valence-electron chi connectivity index (χ1n) is 9.16. The number of carbonyl (C=O) groups excluding carboxylic acids is 2. The van der Waals surface area contributed by atoms with E-state index in [1.165, 1.54) is 16.2 Å². The molecule has 0 saturated carbocycles. The van der Waals surface area contributed by atoms with Crippen molar-refractivity contribution in [2.45, 2.75) is 6.54 Å². The zero-order valence-electron chi connectivity index (χ0n) is 16.2. The Bertz CT molecular complexity index is 1070. The minimum Gasteiger partial charge on any atom is -0.497 e. The van der Waals surface area contributed by atoms with Gasteiger partial charge in [-0.15, -0.1) is 11.3 Å². The maximum absolute atomic E-state index is 13.4. The van der Waals surface area contributed by atoms with Crippen molar-refractivity contribution < 1.29 is 14.3 Å². The van der Waals surface area contributed by atoms with Crippen LogP contribution in [-0.2, 0) is 16.1 Å². The number of imide groups is 1. The molecule has 1 aliphatic heterocycles. The Morgan fingerprint density at radius 3 is 2.45 bits per heavy atom. The van der Waals surface area contributed by atoms with Gasteiger partial charge in [0.15, 0.2) is 0 Å². The topological polar surface area (TPSA) is 49.9 Å². The molecule has 0 atom stereocenters. The third-order valence-corrected chi connectivity index (χ3v) is 5.67. The highest BCUT2D eigenvalue weighted by atomic mass is 32.1. The fourth-order valence-corrected chi connectivity index (χ4v) is 4.20. The second-order valence-corrected chi connectivity index (χ2v) is 7.64. The van der Waals surface area contributed by atoms with Gasteiger partial charge in [-0.25, -0.2) is 4.90 Å². The molecule has 3 aromatic rings. The lowest BCUT2D eigenvalue weighted by atomic mass is 10.1. The number of ether oxygens (including phenoxy) is 1. The Morgan fingerprint density at radius 1 is 0.966 bits per heavy atom. The van der Waals surface area contributed by atoms with E-state index in [0.717, 1.165) is 10.4 Å². The molecule has 1 aliphatic rings. The first-order chi connectivity index (χ1) is 14.1. The van der Waals surface area contributed by atoms with Crippen molar-refractivity contribution >= 4 is 34.4 Å². The van der Waals surface area contributed by atoms with Crippen LogP contribution < -0.4 is 9.64 Å². The van der Waals surface area contributed by atoms with E-state index in [4.69, 9.17) is 4.74 Å². The highest BCUT2D eigenvalue weighted by Crippen LogP contribution is 2.37. The second kappa shape index (κ2) is 7.93. The van der Waals surface area contributed by atoms with Crippen molar-refractivity contribution in [1.82, 2.24) is 4.90 Å². The van der Waals surface area contributed by atoms with Gasteiger partial charge in [0.25, 0.3) is 11.8 Å². The minimum atomic E-state index is -0.329. The summed E-state index contributed by atoms with van der Waals surface area (Å²) < 4.78 is 5.27. The molecule has 29 heavy (non-hydrogen) atoms. The largest absolute Gasteiger partial charge is 0.497 e. The summed E-state index contributed by atoms with van der Waals surface area (Å²) in [6, 6.07) is 20.6. The smallest absolute Gasteiger partial charge is 0.282 e. The van der Waals surface area contributed by atoms with E-state index >= 15 is 0 Å². The maximum Gasteiger partial charge on any atom is 0.282 e. The highest BCUT2D eigenvalue weighted by molar-refractivity contribution is 7.11. The van der Waals surface area contributed by atoms with E-state index in [-0.39, 0.29) is 11.8 Å². The summed E-state index contributed by atoms with van der Waals surface area (Å²) in [6.45, 7) is 0.524. The van der Waals surface area contributed by atoms with Gasteiger partial charge in [0.2, 0.25) is 0 Å². The molecule has 0 spiro atoms. The molecule has 2 amide bonds. The molecule has 0 radical (unpaired) electrons. The SMILES string of the molecule is COc1cccc(N2C(=O)C(c3cccs3)=C(N(C)Cc3ccccc3)C2=O)c1. The van der Waals surface area contributed by atoms with E-state index in [2.05, 4.69) is 0 Å². The Hall–Kier alpha value is -3.38. The summed E-state index contributed by atoms with van der Waals surface area (Å²) in [5, 5.41) is 1.91. The predicted molar refractivity (Wildman–Crippen MR) is 115 cm³/mol. The van der Waals surface area contributed by atoms with Gasteiger partial charge in [-0.1, -0.05) is 42.5 Å². The Kier molecular flexibility index (Phi) is 5.18. The van der Waals surface area contributed by atoms with Crippen LogP contribution in [0.5, 0.6) is 5.75 Å². The fourth-order valence-electron chi connectivity index (χ4n) is 3.44. The van der Waals surface area contributed by atoms with Gasteiger partial charge < -0.3 is 9.64 Å². The highest BCUT2D eigenvalue weighted by Gasteiger charge is 2.42. The number of benzene rings is 2. The molecule has 1 aromatic heterocycles. The number of carbonyl (C=O) groups is 2. The summed E-state index contributed by atoms with van der Waals surface area (Å²) in [7, 11) is 3.40. The lowest BCUT2D eigenvalue weighted by molar-refractivity contribution is -0.120. The van der Waals surface area contributed by atoms with Crippen LogP contribution in [0.4, 0.5) is 5.69 Å². The van der Waals surface area contributed by atoms with Gasteiger partial charge in [0, 0.05) is 24.5 Å². The van der Waals surface area contributed by atoms with Crippen LogP contribution in [0.1, 0.15) is 10.4 Å². The molecule has 2 heterocycles. The number of anilines is 1. The molecule has 0 N–H and O–H groups in total. The molecule has 0 fully saturated rings. The average Bonchev–Trinajstić information content (AvgIpc) is 3.34. The summed E-state index contributed by atoms with van der Waals surface area (Å²) >= 11 is 1.45. The molecule has 0 aliphatic carbocycles. The van der Waals surface area contributed by atoms with Crippen LogP contribution in [0.25, 0.3) is 5.57 Å². The van der Waals surface area contributed by atoms with E-state index in [1.807, 2.05) is 59.8 Å². The van der Waals surface area contributed by atoms with Crippen molar-refractivity contribution in [2.24, 2.45) is 0 Å². The lowest BCUT2D eigenvalue weighted by Gasteiger charge is -2.21. The molecular weight excluding hydrogens is 384 g/mol. The number of hydrogen-bond acceptors (Lipinski definition) is 5. The zero-order valence-corrected chi connectivity index (χ0v) is 17.0. The number of nitrogens with zero attached hydrogens (tertiary/aromatic N) is 2. The summed E-state index contributed by atoms with van der Waals surface area (Å²) in [5.74, 6) is -0.0578. The van der Waals surface area contributed by atoms with Crippen LogP contribution >= 0.6 is 11.3 Å². The van der Waals surface area contributed by atoms with Crippen LogP contribution in [0.2, 0.25) is 0 Å². The number of rotatable bonds is 6. The van der Waals surface area contributed by atoms with Gasteiger partial charge in [-0.3, -0.25) is 9.59 Å². The molecule has 0 bridgehead atoms. The van der Waals surface area contributed by atoms with Gasteiger partial charge in [-0.2, -0.15) is 0 Å². The molecular formula is C23H20N2O3S. The van der Waals surface area contributed by atoms with Crippen LogP contribution in [0, 0.1) is 0 Å². The normalized spacial score (nSPS) is 13.9. The molecule has 5 nitrogen and oxygen atoms in total. The third kappa shape index (κ3) is 3.54. The first-order valence-corrected chi connectivity index (χ1v) is 10.0. The second-order valence-electron chi connectivity index (χ2n) is 6.69. The molecule has 4 rings (SSSR count). The van der Waals surface area contributed by atoms with Crippen molar-refractivity contribution in [2.75, 3.05) is 19.1 Å². The molecule has 0 saturated heterocycles. The Balaban J connectivity index is 1.76. The number of likely N-dealkylation sites (N-methyl/N-ethyl adjacent to an activating group) is 1. The number of methoxy groups -OCH3 is 1. The van der Waals surface area contributed by atoms with Gasteiger partial charge >= 0.3 is 0 Å². The predicted octanol–water partition coefficient (Wildman–Crippen LogP) is 4.17. The van der Waals surface area contributed by atoms with Gasteiger partial charge in [0.05, 0.1) is 18.4 Å². The lowest BCUT2D eigenvalue weighted by Crippen LogP contribution is -2.34. The van der Waals surface area contributed by atoms with Crippen LogP contribution in [0.15, 0.2) is 77.8 Å². The summed E-state index contributed by atoms with van der Waals surface area (Å²) in [5.41, 5.74) is 2.40. The van der Waals surface area contributed by atoms with E-state index in [9.17, 15) is 9.59 Å². The van der Waals surface area contributed by atoms with E-state index in [0.29, 0.717) is 29.3 Å². The quantitative estimate of drug-likeness (QED) is 0.579. The first kappa shape index (κ1) is 19.0. The fraction of sp³-hybridized carbons (Fsp3) is 0.130. The summed E-state index contributed by atoms with van der Waals surface area (Å²) in [6.07, 6.45) is 0. The monoisotopic (exact) mass is 404 g/mol. The summed E-state index contributed by atoms with van der Waals surface area (Å²) in [4.78, 5) is 30.7. The standard InChI is InChI=1S/C23H20N2O3S/c1-24(15-16-8-4-3-5-9-16)21-20(19-12-7-13-29-19)22(26)25(23(21)27)17-10-6-11-18(14-17)28-2/h3-14H,15H2,1-2H3. The molecule has 0 unspecified atom stereocenters. The van der Waals surface area contributed by atoms with E-state index < -0.39 is 0 Å². The van der Waals surface area contributed by atoms with Crippen LogP contribution in [-0.4, -0.2) is 30.9 Å². The van der Waals surface area contributed by atoms with E-state index in [1.54, 1.807) is 31.4 Å². The number of thiophene rings is 1. The van der Waals surface area contributed by atoms with Crippen molar-refractivity contribution in [3.63, 3.8) is 0 Å². The van der Waals surface area contributed by atoms with Crippen molar-refractivity contribution in [3.8, 4) is 5.75 Å². The average molecular weight is 404 g/mol. The van der Waals surface area contributed by atoms with Gasteiger partial charge in [0.1, 0.15) is 11.4 Å². The maximum atomic E-state index is 13.4. The molecule has 6 heteroatoms. The third-order valence-electron chi connectivity index (χ3n) is 4.78. The molecule has 146 valence electrons. The Labute approximate surface area is 173 Å². The Morgan fingerprint density at radius 2 is 1.76 bits per heavy atom. The van der Waals surface area contributed by atoms with Crippen molar-refractivity contribution in [3.05, 3.63) is 88.2 Å². The molecule has 2 aromatic carbocycles. The van der Waals surface area contributed by atoms with Crippen LogP contribution in [0.3, 0.4) is 0 Å². The minimum absolute atomic E-state index is 0.319. The number of hydrogen-bond donors (Lipinski definition) is 0.